The molecule has 19 heavy (non-hydrogen) atoms. The van der Waals surface area contributed by atoms with Gasteiger partial charge in [-0.3, -0.25) is 14.9 Å². The van der Waals surface area contributed by atoms with Crippen molar-refractivity contribution in [1.82, 2.24) is 4.90 Å². The first kappa shape index (κ1) is 13.8. The first-order chi connectivity index (χ1) is 9.04. The summed E-state index contributed by atoms with van der Waals surface area (Å²) in [6, 6.07) is 4.23. The van der Waals surface area contributed by atoms with Crippen LogP contribution in [0.5, 0.6) is 0 Å². The van der Waals surface area contributed by atoms with Crippen LogP contribution < -0.4 is 5.73 Å². The second-order valence-electron chi connectivity index (χ2n) is 4.53. The second-order valence-corrected chi connectivity index (χ2v) is 4.94. The van der Waals surface area contributed by atoms with E-state index < -0.39 is 10.8 Å². The van der Waals surface area contributed by atoms with Crippen molar-refractivity contribution in [3.8, 4) is 0 Å². The number of hydrogen-bond acceptors (Lipinski definition) is 4. The number of nitrogens with two attached hydrogens (primary N) is 1. The Morgan fingerprint density at radius 3 is 2.89 bits per heavy atom. The van der Waals surface area contributed by atoms with E-state index in [4.69, 9.17) is 17.3 Å². The third-order valence-electron chi connectivity index (χ3n) is 3.31. The summed E-state index contributed by atoms with van der Waals surface area (Å²) < 4.78 is 0. The lowest BCUT2D eigenvalue weighted by Crippen LogP contribution is -2.30. The Morgan fingerprint density at radius 1 is 1.58 bits per heavy atom. The van der Waals surface area contributed by atoms with Crippen molar-refractivity contribution < 1.29 is 9.72 Å². The van der Waals surface area contributed by atoms with Crippen molar-refractivity contribution in [3.05, 3.63) is 38.9 Å². The van der Waals surface area contributed by atoms with Gasteiger partial charge in [0.15, 0.2) is 0 Å². The molecule has 2 N–H and O–H groups in total. The molecular formula is C12H14ClN3O3. The molecule has 1 unspecified atom stereocenters. The molecular weight excluding hydrogens is 270 g/mol. The zero-order valence-corrected chi connectivity index (χ0v) is 11.0. The van der Waals surface area contributed by atoms with Gasteiger partial charge in [-0.05, 0) is 24.9 Å². The number of benzene rings is 1. The Morgan fingerprint density at radius 2 is 2.32 bits per heavy atom. The van der Waals surface area contributed by atoms with E-state index in [1.807, 2.05) is 0 Å². The van der Waals surface area contributed by atoms with Crippen LogP contribution in [0.3, 0.4) is 0 Å². The minimum Gasteiger partial charge on any atom is -0.338 e. The number of nitro benzene ring substituents is 1. The Balaban J connectivity index is 2.31. The lowest BCUT2D eigenvalue weighted by Gasteiger charge is -2.17. The predicted octanol–water partition coefficient (Wildman–Crippen LogP) is 1.67. The van der Waals surface area contributed by atoms with Crippen LogP contribution >= 0.6 is 11.6 Å². The highest BCUT2D eigenvalue weighted by atomic mass is 35.5. The second kappa shape index (κ2) is 5.54. The molecule has 1 aromatic carbocycles. The van der Waals surface area contributed by atoms with Gasteiger partial charge in [-0.25, -0.2) is 0 Å². The Kier molecular flexibility index (Phi) is 4.01. The molecule has 1 fully saturated rings. The van der Waals surface area contributed by atoms with E-state index in [0.717, 1.165) is 6.42 Å². The van der Waals surface area contributed by atoms with Crippen molar-refractivity contribution in [2.24, 2.45) is 11.7 Å². The summed E-state index contributed by atoms with van der Waals surface area (Å²) in [6.07, 6.45) is 0.820. The van der Waals surface area contributed by atoms with Gasteiger partial charge in [0.25, 0.3) is 11.6 Å². The maximum absolute atomic E-state index is 12.4. The number of rotatable bonds is 3. The van der Waals surface area contributed by atoms with Gasteiger partial charge in [-0.1, -0.05) is 17.7 Å². The fourth-order valence-electron chi connectivity index (χ4n) is 2.24. The third kappa shape index (κ3) is 2.69. The number of amides is 1. The topological polar surface area (TPSA) is 89.5 Å². The number of carbonyl (C=O) groups excluding carboxylic acids is 1. The highest BCUT2D eigenvalue weighted by Gasteiger charge is 2.31. The molecule has 1 atom stereocenters. The molecule has 0 aromatic heterocycles. The monoisotopic (exact) mass is 283 g/mol. The maximum Gasteiger partial charge on any atom is 0.283 e. The SMILES string of the molecule is NCC1CCN(C(=O)c2c(Cl)cccc2[N+](=O)[O-])C1. The fraction of sp³-hybridized carbons (Fsp3) is 0.417. The predicted molar refractivity (Wildman–Crippen MR) is 71.2 cm³/mol. The molecule has 1 amide bonds. The molecule has 2 rings (SSSR count). The maximum atomic E-state index is 12.4. The van der Waals surface area contributed by atoms with E-state index in [1.165, 1.54) is 18.2 Å². The van der Waals surface area contributed by atoms with Gasteiger partial charge >= 0.3 is 0 Å². The molecule has 6 nitrogen and oxygen atoms in total. The average molecular weight is 284 g/mol. The third-order valence-corrected chi connectivity index (χ3v) is 3.62. The Labute approximate surface area is 115 Å². The van der Waals surface area contributed by atoms with Gasteiger partial charge in [0.1, 0.15) is 5.56 Å². The Hall–Kier alpha value is -1.66. The number of nitro groups is 1. The van der Waals surface area contributed by atoms with Crippen molar-refractivity contribution in [2.75, 3.05) is 19.6 Å². The van der Waals surface area contributed by atoms with Gasteiger partial charge in [0.2, 0.25) is 0 Å². The van der Waals surface area contributed by atoms with E-state index in [1.54, 1.807) is 4.90 Å². The van der Waals surface area contributed by atoms with E-state index >= 15 is 0 Å². The molecule has 1 aromatic rings. The zero-order valence-electron chi connectivity index (χ0n) is 10.2. The number of likely N-dealkylation sites (tertiary alicyclic amines) is 1. The fourth-order valence-corrected chi connectivity index (χ4v) is 2.49. The first-order valence-corrected chi connectivity index (χ1v) is 6.34. The largest absolute Gasteiger partial charge is 0.338 e. The van der Waals surface area contributed by atoms with Crippen LogP contribution in [0.1, 0.15) is 16.8 Å². The van der Waals surface area contributed by atoms with Gasteiger partial charge in [0.05, 0.1) is 9.95 Å². The molecule has 0 radical (unpaired) electrons. The van der Waals surface area contributed by atoms with Crippen LogP contribution in [-0.2, 0) is 0 Å². The van der Waals surface area contributed by atoms with Crippen molar-refractivity contribution in [2.45, 2.75) is 6.42 Å². The molecule has 1 saturated heterocycles. The minimum absolute atomic E-state index is 0.0353. The van der Waals surface area contributed by atoms with E-state index in [-0.39, 0.29) is 22.2 Å². The van der Waals surface area contributed by atoms with Crippen LogP contribution in [0.25, 0.3) is 0 Å². The molecule has 0 spiro atoms. The normalized spacial score (nSPS) is 18.6. The van der Waals surface area contributed by atoms with E-state index in [0.29, 0.717) is 19.6 Å². The smallest absolute Gasteiger partial charge is 0.283 e. The summed E-state index contributed by atoms with van der Waals surface area (Å²) >= 11 is 5.94. The van der Waals surface area contributed by atoms with Crippen molar-refractivity contribution in [1.29, 1.82) is 0 Å². The van der Waals surface area contributed by atoms with Gasteiger partial charge in [-0.15, -0.1) is 0 Å². The first-order valence-electron chi connectivity index (χ1n) is 5.96. The molecule has 0 saturated carbocycles. The van der Waals surface area contributed by atoms with Crippen LogP contribution in [0.15, 0.2) is 18.2 Å². The molecule has 1 aliphatic rings. The number of nitrogens with zero attached hydrogens (tertiary/aromatic N) is 2. The van der Waals surface area contributed by atoms with Gasteiger partial charge in [0, 0.05) is 19.2 Å². The number of halogens is 1. The molecule has 1 aliphatic heterocycles. The number of carbonyl (C=O) groups is 1. The summed E-state index contributed by atoms with van der Waals surface area (Å²) in [5, 5.41) is 11.1. The van der Waals surface area contributed by atoms with Crippen molar-refractivity contribution in [3.63, 3.8) is 0 Å². The summed E-state index contributed by atoms with van der Waals surface area (Å²) in [7, 11) is 0. The van der Waals surface area contributed by atoms with Gasteiger partial charge in [-0.2, -0.15) is 0 Å². The van der Waals surface area contributed by atoms with Crippen LogP contribution in [-0.4, -0.2) is 35.4 Å². The highest BCUT2D eigenvalue weighted by molar-refractivity contribution is 6.34. The summed E-state index contributed by atoms with van der Waals surface area (Å²) in [6.45, 7) is 1.59. The molecule has 1 heterocycles. The lowest BCUT2D eigenvalue weighted by atomic mass is 10.1. The van der Waals surface area contributed by atoms with Gasteiger partial charge < -0.3 is 10.6 Å². The van der Waals surface area contributed by atoms with E-state index in [9.17, 15) is 14.9 Å². The number of hydrogen-bond donors (Lipinski definition) is 1. The molecule has 7 heteroatoms. The Bertz CT molecular complexity index is 521. The minimum atomic E-state index is -0.588. The standard InChI is InChI=1S/C12H14ClN3O3/c13-9-2-1-3-10(16(18)19)11(9)12(17)15-5-4-8(6-14)7-15/h1-3,8H,4-7,14H2. The zero-order chi connectivity index (χ0) is 14.0. The van der Waals surface area contributed by atoms with Crippen LogP contribution in [0.2, 0.25) is 5.02 Å². The quantitative estimate of drug-likeness (QED) is 0.675. The average Bonchev–Trinajstić information content (AvgIpc) is 2.86. The summed E-state index contributed by atoms with van der Waals surface area (Å²) in [5.41, 5.74) is 5.28. The van der Waals surface area contributed by atoms with Crippen LogP contribution in [0.4, 0.5) is 5.69 Å². The summed E-state index contributed by atoms with van der Waals surface area (Å²) in [4.78, 5) is 24.3. The van der Waals surface area contributed by atoms with Crippen molar-refractivity contribution >= 4 is 23.2 Å². The molecule has 0 bridgehead atoms. The van der Waals surface area contributed by atoms with E-state index in [2.05, 4.69) is 0 Å². The summed E-state index contributed by atoms with van der Waals surface area (Å²) in [5.74, 6) is -0.140. The molecule has 0 aliphatic carbocycles. The lowest BCUT2D eigenvalue weighted by molar-refractivity contribution is -0.385. The highest BCUT2D eigenvalue weighted by Crippen LogP contribution is 2.29. The molecule has 102 valence electrons. The van der Waals surface area contributed by atoms with Crippen LogP contribution in [0, 0.1) is 16.0 Å².